The summed E-state index contributed by atoms with van der Waals surface area (Å²) in [7, 11) is 3.56. The van der Waals surface area contributed by atoms with E-state index in [9.17, 15) is 4.79 Å². The van der Waals surface area contributed by atoms with Gasteiger partial charge in [0, 0.05) is 52.9 Å². The summed E-state index contributed by atoms with van der Waals surface area (Å²) in [5.41, 5.74) is 0. The maximum atomic E-state index is 12.0. The predicted molar refractivity (Wildman–Crippen MR) is 124 cm³/mol. The summed E-state index contributed by atoms with van der Waals surface area (Å²) < 4.78 is 5.52. The molecule has 2 aliphatic rings. The van der Waals surface area contributed by atoms with Crippen molar-refractivity contribution in [1.82, 2.24) is 20.4 Å². The lowest BCUT2D eigenvalue weighted by Gasteiger charge is -2.34. The third-order valence-electron chi connectivity index (χ3n) is 6.44. The molecule has 0 radical (unpaired) electrons. The molecule has 2 N–H and O–H groups in total. The van der Waals surface area contributed by atoms with Crippen LogP contribution in [0.3, 0.4) is 0 Å². The molecular weight excluding hydrogens is 378 g/mol. The fraction of sp³-hybridized carbons (Fsp3) is 0.913. The number of unbranched alkanes of at least 4 members (excludes halogenated alkanes) is 1. The number of ether oxygens (including phenoxy) is 1. The van der Waals surface area contributed by atoms with Gasteiger partial charge in [0.2, 0.25) is 5.91 Å². The van der Waals surface area contributed by atoms with E-state index in [-0.39, 0.29) is 12.5 Å². The van der Waals surface area contributed by atoms with Crippen LogP contribution in [-0.2, 0) is 9.53 Å². The van der Waals surface area contributed by atoms with Crippen molar-refractivity contribution in [3.63, 3.8) is 0 Å². The molecule has 0 spiro atoms. The van der Waals surface area contributed by atoms with Gasteiger partial charge in [0.05, 0.1) is 6.61 Å². The summed E-state index contributed by atoms with van der Waals surface area (Å²) in [4.78, 5) is 20.8. The highest BCUT2D eigenvalue weighted by Gasteiger charge is 2.24. The van der Waals surface area contributed by atoms with Crippen molar-refractivity contribution in [3.05, 3.63) is 0 Å². The number of likely N-dealkylation sites (tertiary alicyclic amines) is 1. The number of hydrogen-bond acceptors (Lipinski definition) is 4. The van der Waals surface area contributed by atoms with Gasteiger partial charge in [-0.15, -0.1) is 0 Å². The van der Waals surface area contributed by atoms with Crippen LogP contribution in [0.2, 0.25) is 0 Å². The Morgan fingerprint density at radius 3 is 2.60 bits per heavy atom. The van der Waals surface area contributed by atoms with Crippen LogP contribution in [0.4, 0.5) is 0 Å². The topological polar surface area (TPSA) is 69.2 Å². The highest BCUT2D eigenvalue weighted by molar-refractivity contribution is 5.84. The fourth-order valence-corrected chi connectivity index (χ4v) is 4.17. The maximum Gasteiger partial charge on any atom is 0.243 e. The van der Waals surface area contributed by atoms with Crippen molar-refractivity contribution in [2.75, 3.05) is 60.0 Å². The molecule has 0 aliphatic carbocycles. The van der Waals surface area contributed by atoms with Gasteiger partial charge in [-0.1, -0.05) is 33.1 Å². The van der Waals surface area contributed by atoms with Crippen LogP contribution < -0.4 is 10.6 Å². The molecule has 174 valence electrons. The number of nitrogens with zero attached hydrogens (tertiary/aromatic N) is 3. The summed E-state index contributed by atoms with van der Waals surface area (Å²) in [5.74, 6) is 2.18. The quantitative estimate of drug-likeness (QED) is 0.394. The van der Waals surface area contributed by atoms with Gasteiger partial charge in [-0.05, 0) is 37.5 Å². The summed E-state index contributed by atoms with van der Waals surface area (Å²) >= 11 is 0. The van der Waals surface area contributed by atoms with Crippen molar-refractivity contribution in [3.8, 4) is 0 Å². The number of hydrogen-bond donors (Lipinski definition) is 2. The zero-order chi connectivity index (χ0) is 21.8. The lowest BCUT2D eigenvalue weighted by molar-refractivity contribution is -0.127. The summed E-state index contributed by atoms with van der Waals surface area (Å²) in [6, 6.07) is 0.414. The summed E-state index contributed by atoms with van der Waals surface area (Å²) in [6.07, 6.45) is 8.34. The highest BCUT2D eigenvalue weighted by atomic mass is 16.5. The van der Waals surface area contributed by atoms with Crippen LogP contribution in [-0.4, -0.2) is 87.7 Å². The van der Waals surface area contributed by atoms with Gasteiger partial charge in [-0.25, -0.2) is 4.99 Å². The Morgan fingerprint density at radius 2 is 2.00 bits per heavy atom. The second-order valence-corrected chi connectivity index (χ2v) is 9.20. The second kappa shape index (κ2) is 13.9. The number of carbonyl (C=O) groups is 1. The van der Waals surface area contributed by atoms with Crippen molar-refractivity contribution in [1.29, 1.82) is 0 Å². The minimum absolute atomic E-state index is 0.0303. The lowest BCUT2D eigenvalue weighted by Crippen LogP contribution is -2.50. The molecule has 2 atom stereocenters. The number of guanidine groups is 1. The van der Waals surface area contributed by atoms with Crippen molar-refractivity contribution in [2.45, 2.75) is 64.8 Å². The molecule has 2 unspecified atom stereocenters. The number of rotatable bonds is 11. The molecule has 7 heteroatoms. The van der Waals surface area contributed by atoms with Gasteiger partial charge in [0.25, 0.3) is 0 Å². The van der Waals surface area contributed by atoms with Crippen molar-refractivity contribution >= 4 is 11.9 Å². The molecule has 0 saturated carbocycles. The van der Waals surface area contributed by atoms with Crippen LogP contribution >= 0.6 is 0 Å². The van der Waals surface area contributed by atoms with E-state index in [4.69, 9.17) is 4.74 Å². The standard InChI is InChI=1S/C23H45N5O2/c1-5-7-8-19(6-2)15-24-23(25-16-22(29)27(3)4)26-21-9-12-28(13-10-21)17-20-11-14-30-18-20/h19-21H,5-18H2,1-4H3,(H2,24,25,26). The van der Waals surface area contributed by atoms with Gasteiger partial charge in [-0.3, -0.25) is 4.79 Å². The van der Waals surface area contributed by atoms with E-state index in [1.165, 1.54) is 38.6 Å². The SMILES string of the molecule is CCCCC(CC)CNC(=NCC(=O)N(C)C)NC1CCN(CC2CCOC2)CC1. The number of likely N-dealkylation sites (N-methyl/N-ethyl adjacent to an activating group) is 1. The Morgan fingerprint density at radius 1 is 1.23 bits per heavy atom. The molecule has 7 nitrogen and oxygen atoms in total. The first-order valence-corrected chi connectivity index (χ1v) is 12.1. The smallest absolute Gasteiger partial charge is 0.243 e. The number of aliphatic imine (C=N–C) groups is 1. The molecule has 0 aromatic rings. The highest BCUT2D eigenvalue weighted by Crippen LogP contribution is 2.18. The van der Waals surface area contributed by atoms with Gasteiger partial charge >= 0.3 is 0 Å². The number of carbonyl (C=O) groups excluding carboxylic acids is 1. The number of amides is 1. The van der Waals surface area contributed by atoms with Crippen LogP contribution in [0.1, 0.15) is 58.8 Å². The molecule has 0 aromatic heterocycles. The largest absolute Gasteiger partial charge is 0.381 e. The Hall–Kier alpha value is -1.34. The van der Waals surface area contributed by atoms with E-state index in [1.54, 1.807) is 19.0 Å². The molecule has 2 fully saturated rings. The lowest BCUT2D eigenvalue weighted by atomic mass is 9.99. The minimum Gasteiger partial charge on any atom is -0.381 e. The summed E-state index contributed by atoms with van der Waals surface area (Å²) in [5, 5.41) is 7.15. The van der Waals surface area contributed by atoms with Gasteiger partial charge < -0.3 is 25.2 Å². The third-order valence-corrected chi connectivity index (χ3v) is 6.44. The molecule has 0 bridgehead atoms. The van der Waals surface area contributed by atoms with Gasteiger partial charge in [-0.2, -0.15) is 0 Å². The predicted octanol–water partition coefficient (Wildman–Crippen LogP) is 2.33. The minimum atomic E-state index is 0.0303. The molecule has 30 heavy (non-hydrogen) atoms. The first-order valence-electron chi connectivity index (χ1n) is 12.1. The van der Waals surface area contributed by atoms with Crippen LogP contribution in [0, 0.1) is 11.8 Å². The van der Waals surface area contributed by atoms with E-state index in [2.05, 4.69) is 34.4 Å². The van der Waals surface area contributed by atoms with Crippen molar-refractivity contribution < 1.29 is 9.53 Å². The van der Waals surface area contributed by atoms with Crippen LogP contribution in [0.25, 0.3) is 0 Å². The first kappa shape index (κ1) is 24.9. The Labute approximate surface area is 184 Å². The number of piperidine rings is 1. The monoisotopic (exact) mass is 423 g/mol. The Kier molecular flexibility index (Phi) is 11.5. The zero-order valence-electron chi connectivity index (χ0n) is 19.8. The van der Waals surface area contributed by atoms with E-state index >= 15 is 0 Å². The van der Waals surface area contributed by atoms with Gasteiger partial charge in [0.1, 0.15) is 6.54 Å². The fourth-order valence-electron chi connectivity index (χ4n) is 4.17. The van der Waals surface area contributed by atoms with Crippen LogP contribution in [0.15, 0.2) is 4.99 Å². The van der Waals surface area contributed by atoms with E-state index in [0.29, 0.717) is 17.9 Å². The summed E-state index contributed by atoms with van der Waals surface area (Å²) in [6.45, 7) is 10.9. The normalized spacial score (nSPS) is 22.1. The second-order valence-electron chi connectivity index (χ2n) is 9.20. The molecule has 1 amide bonds. The van der Waals surface area contributed by atoms with E-state index < -0.39 is 0 Å². The Balaban J connectivity index is 1.83. The van der Waals surface area contributed by atoms with Crippen LogP contribution in [0.5, 0.6) is 0 Å². The Bertz CT molecular complexity index is 512. The average molecular weight is 424 g/mol. The molecule has 2 heterocycles. The molecule has 2 rings (SSSR count). The van der Waals surface area contributed by atoms with E-state index in [0.717, 1.165) is 51.6 Å². The molecule has 2 saturated heterocycles. The zero-order valence-corrected chi connectivity index (χ0v) is 19.8. The van der Waals surface area contributed by atoms with E-state index in [1.807, 2.05) is 0 Å². The maximum absolute atomic E-state index is 12.0. The molecule has 0 aromatic carbocycles. The third kappa shape index (κ3) is 9.21. The average Bonchev–Trinajstić information content (AvgIpc) is 3.25. The van der Waals surface area contributed by atoms with Crippen molar-refractivity contribution in [2.24, 2.45) is 16.8 Å². The first-order chi connectivity index (χ1) is 14.5. The van der Waals surface area contributed by atoms with Gasteiger partial charge in [0.15, 0.2) is 5.96 Å². The molecule has 2 aliphatic heterocycles. The molecular formula is C23H45N5O2. The number of nitrogens with one attached hydrogen (secondary N) is 2.